The summed E-state index contributed by atoms with van der Waals surface area (Å²) in [6.07, 6.45) is 0.407. The van der Waals surface area contributed by atoms with E-state index in [1.54, 1.807) is 0 Å². The van der Waals surface area contributed by atoms with Gasteiger partial charge in [-0.15, -0.1) is 0 Å². The van der Waals surface area contributed by atoms with E-state index in [0.717, 1.165) is 11.1 Å². The van der Waals surface area contributed by atoms with Crippen LogP contribution in [0, 0.1) is 5.92 Å². The second kappa shape index (κ2) is 16.2. The second-order valence-electron chi connectivity index (χ2n) is 11.6. The van der Waals surface area contributed by atoms with Crippen molar-refractivity contribution in [1.29, 1.82) is 0 Å². The molecule has 4 amide bonds. The number of aliphatic hydroxyl groups is 1. The Hall–Kier alpha value is -3.90. The summed E-state index contributed by atoms with van der Waals surface area (Å²) in [6, 6.07) is 14.4. The van der Waals surface area contributed by atoms with Gasteiger partial charge in [0.05, 0.1) is 0 Å². The Labute approximate surface area is 262 Å². The highest BCUT2D eigenvalue weighted by Crippen LogP contribution is 2.31. The maximum atomic E-state index is 13.8. The van der Waals surface area contributed by atoms with Crippen molar-refractivity contribution in [1.82, 2.24) is 21.3 Å². The van der Waals surface area contributed by atoms with E-state index in [1.807, 2.05) is 74.5 Å². The quantitative estimate of drug-likeness (QED) is 0.0857. The van der Waals surface area contributed by atoms with Crippen LogP contribution in [0.15, 0.2) is 60.7 Å². The van der Waals surface area contributed by atoms with Crippen LogP contribution >= 0.6 is 0 Å². The second-order valence-corrected chi connectivity index (χ2v) is 13.0. The van der Waals surface area contributed by atoms with Crippen LogP contribution in [0.25, 0.3) is 0 Å². The molecule has 3 rings (SSSR count). The van der Waals surface area contributed by atoms with Crippen LogP contribution in [0.1, 0.15) is 51.2 Å². The molecule has 12 heteroatoms. The van der Waals surface area contributed by atoms with E-state index in [1.165, 1.54) is 6.92 Å². The summed E-state index contributed by atoms with van der Waals surface area (Å²) in [4.78, 5) is 62.7. The first-order chi connectivity index (χ1) is 20.9. The zero-order chi connectivity index (χ0) is 32.3. The number of hydrogen-bond acceptors (Lipinski definition) is 6. The molecule has 1 heterocycles. The molecule has 1 saturated heterocycles. The molecule has 0 unspecified atom stereocenters. The summed E-state index contributed by atoms with van der Waals surface area (Å²) in [5.74, 6) is -2.61. The Kier molecular flexibility index (Phi) is 12.8. The summed E-state index contributed by atoms with van der Waals surface area (Å²) in [5.41, 5.74) is 1.55. The molecular formula is C32H43N4O7S+. The topological polar surface area (TPSA) is 174 Å². The molecular weight excluding hydrogens is 584 g/mol. The van der Waals surface area contributed by atoms with Gasteiger partial charge in [0.1, 0.15) is 24.2 Å². The molecule has 0 radical (unpaired) electrons. The lowest BCUT2D eigenvalue weighted by Gasteiger charge is -2.27. The first-order valence-corrected chi connectivity index (χ1v) is 15.8. The third kappa shape index (κ3) is 11.3. The van der Waals surface area contributed by atoms with Gasteiger partial charge in [0, 0.05) is 37.9 Å². The van der Waals surface area contributed by atoms with E-state index in [9.17, 15) is 34.2 Å². The number of benzene rings is 2. The number of carboxylic acid groups (broad SMARTS) is 1. The SMILES string of the molecule is CC(=O)N[C@@H](CC(C)C)C(=O)N[C@@H](Cc1ccccc1)C(=O)N[C@@H](Cc1ccccc1)C(=O)N[C@@H](CCC(=O)O)[C@@]1(O)C[SH+]1. The fourth-order valence-electron chi connectivity index (χ4n) is 4.87. The van der Waals surface area contributed by atoms with E-state index in [2.05, 4.69) is 21.3 Å². The number of carboxylic acids is 1. The third-order valence-corrected chi connectivity index (χ3v) is 8.51. The maximum Gasteiger partial charge on any atom is 0.303 e. The van der Waals surface area contributed by atoms with Crippen LogP contribution in [0.2, 0.25) is 0 Å². The van der Waals surface area contributed by atoms with Crippen molar-refractivity contribution in [3.8, 4) is 0 Å². The molecule has 0 bridgehead atoms. The zero-order valence-corrected chi connectivity index (χ0v) is 26.2. The first-order valence-electron chi connectivity index (χ1n) is 14.7. The van der Waals surface area contributed by atoms with E-state index >= 15 is 0 Å². The molecule has 1 aliphatic heterocycles. The minimum Gasteiger partial charge on any atom is -0.481 e. The molecule has 0 spiro atoms. The van der Waals surface area contributed by atoms with Gasteiger partial charge in [-0.1, -0.05) is 74.5 Å². The van der Waals surface area contributed by atoms with Crippen LogP contribution in [-0.4, -0.2) is 74.7 Å². The largest absolute Gasteiger partial charge is 0.481 e. The number of carbonyl (C=O) groups excluding carboxylic acids is 4. The predicted molar refractivity (Wildman–Crippen MR) is 169 cm³/mol. The van der Waals surface area contributed by atoms with Crippen molar-refractivity contribution < 1.29 is 34.2 Å². The van der Waals surface area contributed by atoms with Crippen LogP contribution < -0.4 is 21.3 Å². The van der Waals surface area contributed by atoms with Crippen LogP contribution in [0.5, 0.6) is 0 Å². The Morgan fingerprint density at radius 3 is 1.64 bits per heavy atom. The molecule has 0 aliphatic carbocycles. The highest BCUT2D eigenvalue weighted by atomic mass is 32.2. The Morgan fingerprint density at radius 1 is 0.773 bits per heavy atom. The van der Waals surface area contributed by atoms with E-state index < -0.39 is 52.8 Å². The van der Waals surface area contributed by atoms with E-state index in [-0.39, 0.29) is 37.5 Å². The van der Waals surface area contributed by atoms with Gasteiger partial charge in [-0.05, 0) is 29.9 Å². The van der Waals surface area contributed by atoms with Crippen molar-refractivity contribution >= 4 is 41.4 Å². The molecule has 5 atom stereocenters. The number of carbonyl (C=O) groups is 5. The molecule has 1 aliphatic rings. The number of rotatable bonds is 17. The number of amides is 4. The Bertz CT molecular complexity index is 1290. The van der Waals surface area contributed by atoms with Gasteiger partial charge in [-0.2, -0.15) is 0 Å². The molecule has 1 fully saturated rings. The smallest absolute Gasteiger partial charge is 0.303 e. The van der Waals surface area contributed by atoms with Crippen molar-refractivity contribution in [2.45, 2.75) is 82.0 Å². The van der Waals surface area contributed by atoms with Gasteiger partial charge in [0.25, 0.3) is 4.93 Å². The summed E-state index contributed by atoms with van der Waals surface area (Å²) in [6.45, 7) is 5.16. The molecule has 6 N–H and O–H groups in total. The molecule has 0 saturated carbocycles. The van der Waals surface area contributed by atoms with Crippen molar-refractivity contribution in [2.24, 2.45) is 5.92 Å². The minimum absolute atomic E-state index is 0.0314. The third-order valence-electron chi connectivity index (χ3n) is 7.24. The van der Waals surface area contributed by atoms with Crippen molar-refractivity contribution in [3.05, 3.63) is 71.8 Å². The molecule has 238 valence electrons. The lowest BCUT2D eigenvalue weighted by molar-refractivity contribution is -0.138. The summed E-state index contributed by atoms with van der Waals surface area (Å²) < 4.78 is 0. The average Bonchev–Trinajstić information content (AvgIpc) is 3.72. The first kappa shape index (κ1) is 34.6. The van der Waals surface area contributed by atoms with Gasteiger partial charge < -0.3 is 31.5 Å². The highest BCUT2D eigenvalue weighted by molar-refractivity contribution is 7.87. The summed E-state index contributed by atoms with van der Waals surface area (Å²) >= 11 is 0.693. The normalized spacial score (nSPS) is 18.3. The number of hydrogen-bond donors (Lipinski definition) is 6. The molecule has 2 aromatic rings. The summed E-state index contributed by atoms with van der Waals surface area (Å²) in [5, 5.41) is 31.0. The standard InChI is InChI=1S/C32H42N4O7S/c1-20(2)16-24(33-21(3)37)29(40)34-25(17-22-10-6-4-7-11-22)30(41)35-26(18-23-12-8-5-9-13-23)31(42)36-27(14-15-28(38)39)32(43)19-44-32/h4-13,20,24-27,43H,14-19H2,1-3H3,(H,33,37)(H,34,40)(H,35,41)(H,36,42)(H,38,39)/p+1/t24-,25-,26-,27-,32+/m0/s1. The van der Waals surface area contributed by atoms with Crippen LogP contribution in [0.4, 0.5) is 0 Å². The number of thiol groups is 1. The maximum absolute atomic E-state index is 13.8. The minimum atomic E-state index is -1.22. The van der Waals surface area contributed by atoms with Gasteiger partial charge >= 0.3 is 5.97 Å². The highest BCUT2D eigenvalue weighted by Gasteiger charge is 2.61. The van der Waals surface area contributed by atoms with Gasteiger partial charge in [-0.3, -0.25) is 24.0 Å². The number of aliphatic carboxylic acids is 1. The predicted octanol–water partition coefficient (Wildman–Crippen LogP) is 0.859. The van der Waals surface area contributed by atoms with Gasteiger partial charge in [0.2, 0.25) is 23.6 Å². The van der Waals surface area contributed by atoms with Crippen LogP contribution in [0.3, 0.4) is 0 Å². The average molecular weight is 628 g/mol. The Balaban J connectivity index is 1.86. The molecule has 44 heavy (non-hydrogen) atoms. The lowest BCUT2D eigenvalue weighted by Crippen LogP contribution is -2.59. The monoisotopic (exact) mass is 627 g/mol. The zero-order valence-electron chi connectivity index (χ0n) is 25.3. The van der Waals surface area contributed by atoms with Crippen LogP contribution in [-0.2, 0) is 48.6 Å². The van der Waals surface area contributed by atoms with Crippen molar-refractivity contribution in [3.63, 3.8) is 0 Å². The van der Waals surface area contributed by atoms with E-state index in [0.29, 0.717) is 23.9 Å². The number of nitrogens with one attached hydrogen (secondary N) is 4. The van der Waals surface area contributed by atoms with Gasteiger partial charge in [-0.25, -0.2) is 0 Å². The van der Waals surface area contributed by atoms with Gasteiger partial charge in [0.15, 0.2) is 5.75 Å². The fraction of sp³-hybridized carbons (Fsp3) is 0.469. The summed E-state index contributed by atoms with van der Waals surface area (Å²) in [7, 11) is 0. The molecule has 11 nitrogen and oxygen atoms in total. The fourth-order valence-corrected chi connectivity index (χ4v) is 5.67. The lowest BCUT2D eigenvalue weighted by atomic mass is 9.99. The molecule has 2 aromatic carbocycles. The molecule has 0 aromatic heterocycles. The van der Waals surface area contributed by atoms with E-state index in [4.69, 9.17) is 0 Å². The van der Waals surface area contributed by atoms with Crippen molar-refractivity contribution in [2.75, 3.05) is 5.75 Å². The Morgan fingerprint density at radius 2 is 1.23 bits per heavy atom.